The largest absolute Gasteiger partial charge is 0.481 e. The molecule has 0 amide bonds. The number of allylic oxidation sites excluding steroid dienone is 2. The number of carbonyl (C=O) groups excluding carboxylic acids is 2. The number of aliphatic carboxylic acids is 1. The summed E-state index contributed by atoms with van der Waals surface area (Å²) in [5.41, 5.74) is 2.84. The standard InChI is InChI=1S/C27H30O4/c28-25(23-14-12-21(13-15-23)20-8-4-3-5-9-20)18-16-22-17-19-26(29)24(22)10-6-1-2-7-11-27(30)31/h3-5,8-9,12-16,18,22,24H,1-2,6-7,10-11,17,19H2,(H,30,31). The van der Waals surface area contributed by atoms with Gasteiger partial charge in [0, 0.05) is 24.3 Å². The van der Waals surface area contributed by atoms with Crippen molar-refractivity contribution in [1.82, 2.24) is 0 Å². The normalized spacial score (nSPS) is 18.5. The second-order valence-corrected chi connectivity index (χ2v) is 8.29. The van der Waals surface area contributed by atoms with Gasteiger partial charge in [0.15, 0.2) is 5.78 Å². The van der Waals surface area contributed by atoms with Gasteiger partial charge in [-0.05, 0) is 42.4 Å². The first-order valence-electron chi connectivity index (χ1n) is 11.2. The quantitative estimate of drug-likeness (QED) is 0.271. The molecular weight excluding hydrogens is 388 g/mol. The van der Waals surface area contributed by atoms with E-state index < -0.39 is 5.97 Å². The van der Waals surface area contributed by atoms with Crippen molar-refractivity contribution < 1.29 is 19.5 Å². The lowest BCUT2D eigenvalue weighted by Gasteiger charge is -2.14. The van der Waals surface area contributed by atoms with Crippen LogP contribution >= 0.6 is 0 Å². The van der Waals surface area contributed by atoms with E-state index in [1.807, 2.05) is 60.7 Å². The van der Waals surface area contributed by atoms with Gasteiger partial charge in [0.25, 0.3) is 0 Å². The Morgan fingerprint density at radius 3 is 2.29 bits per heavy atom. The number of unbranched alkanes of at least 4 members (excludes halogenated alkanes) is 3. The van der Waals surface area contributed by atoms with Gasteiger partial charge in [0.2, 0.25) is 0 Å². The number of Topliss-reactive ketones (excluding diaryl/α,β-unsaturated/α-hetero) is 1. The summed E-state index contributed by atoms with van der Waals surface area (Å²) >= 11 is 0. The number of hydrogen-bond acceptors (Lipinski definition) is 3. The van der Waals surface area contributed by atoms with Crippen LogP contribution in [-0.2, 0) is 9.59 Å². The molecule has 4 nitrogen and oxygen atoms in total. The van der Waals surface area contributed by atoms with E-state index in [0.717, 1.165) is 43.2 Å². The van der Waals surface area contributed by atoms with Gasteiger partial charge in [0.1, 0.15) is 5.78 Å². The summed E-state index contributed by atoms with van der Waals surface area (Å²) in [5.74, 6) is -0.384. The van der Waals surface area contributed by atoms with Crippen LogP contribution in [0.25, 0.3) is 11.1 Å². The second-order valence-electron chi connectivity index (χ2n) is 8.29. The summed E-state index contributed by atoms with van der Waals surface area (Å²) < 4.78 is 0. The Hall–Kier alpha value is -3.01. The zero-order chi connectivity index (χ0) is 22.1. The number of carboxylic acid groups (broad SMARTS) is 1. The Bertz CT molecular complexity index is 912. The fourth-order valence-electron chi connectivity index (χ4n) is 4.30. The lowest BCUT2D eigenvalue weighted by Crippen LogP contribution is -2.13. The van der Waals surface area contributed by atoms with Gasteiger partial charge in [-0.25, -0.2) is 0 Å². The summed E-state index contributed by atoms with van der Waals surface area (Å²) in [5, 5.41) is 8.68. The predicted molar refractivity (Wildman–Crippen MR) is 122 cm³/mol. The topological polar surface area (TPSA) is 71.4 Å². The van der Waals surface area contributed by atoms with Crippen LogP contribution in [0, 0.1) is 11.8 Å². The van der Waals surface area contributed by atoms with Crippen molar-refractivity contribution in [3.63, 3.8) is 0 Å². The molecule has 0 heterocycles. The molecule has 0 radical (unpaired) electrons. The van der Waals surface area contributed by atoms with E-state index in [1.165, 1.54) is 0 Å². The Kier molecular flexibility index (Phi) is 8.34. The molecule has 0 bridgehead atoms. The Morgan fingerprint density at radius 2 is 1.58 bits per heavy atom. The number of carboxylic acids is 1. The molecular formula is C27H30O4. The maximum absolute atomic E-state index is 12.6. The van der Waals surface area contributed by atoms with Crippen LogP contribution in [0.15, 0.2) is 66.7 Å². The maximum Gasteiger partial charge on any atom is 0.303 e. The van der Waals surface area contributed by atoms with E-state index in [0.29, 0.717) is 24.2 Å². The van der Waals surface area contributed by atoms with Crippen LogP contribution in [0.1, 0.15) is 61.7 Å². The van der Waals surface area contributed by atoms with Crippen molar-refractivity contribution in [2.45, 2.75) is 51.4 Å². The summed E-state index contributed by atoms with van der Waals surface area (Å²) in [6, 6.07) is 17.7. The van der Waals surface area contributed by atoms with Gasteiger partial charge in [-0.15, -0.1) is 0 Å². The smallest absolute Gasteiger partial charge is 0.303 e. The molecule has 1 N–H and O–H groups in total. The third-order valence-corrected chi connectivity index (χ3v) is 6.08. The van der Waals surface area contributed by atoms with Gasteiger partial charge in [-0.3, -0.25) is 14.4 Å². The minimum absolute atomic E-state index is 0.0102. The Morgan fingerprint density at radius 1 is 0.903 bits per heavy atom. The number of ketones is 2. The van der Waals surface area contributed by atoms with Gasteiger partial charge in [-0.1, -0.05) is 79.9 Å². The molecule has 2 atom stereocenters. The molecule has 0 aliphatic heterocycles. The highest BCUT2D eigenvalue weighted by molar-refractivity contribution is 6.04. The summed E-state index contributed by atoms with van der Waals surface area (Å²) in [6.07, 6.45) is 9.41. The first-order chi connectivity index (χ1) is 15.0. The zero-order valence-corrected chi connectivity index (χ0v) is 17.8. The van der Waals surface area contributed by atoms with Crippen molar-refractivity contribution in [2.75, 3.05) is 0 Å². The monoisotopic (exact) mass is 418 g/mol. The third-order valence-electron chi connectivity index (χ3n) is 6.08. The average molecular weight is 419 g/mol. The number of benzene rings is 2. The van der Waals surface area contributed by atoms with Crippen molar-refractivity contribution in [3.8, 4) is 11.1 Å². The maximum atomic E-state index is 12.6. The molecule has 31 heavy (non-hydrogen) atoms. The highest BCUT2D eigenvalue weighted by atomic mass is 16.4. The van der Waals surface area contributed by atoms with Crippen molar-refractivity contribution in [2.24, 2.45) is 11.8 Å². The van der Waals surface area contributed by atoms with E-state index in [-0.39, 0.29) is 24.0 Å². The molecule has 4 heteroatoms. The van der Waals surface area contributed by atoms with Crippen LogP contribution in [0.3, 0.4) is 0 Å². The predicted octanol–water partition coefficient (Wildman–Crippen LogP) is 6.11. The van der Waals surface area contributed by atoms with Crippen molar-refractivity contribution in [1.29, 1.82) is 0 Å². The van der Waals surface area contributed by atoms with Crippen LogP contribution in [0.5, 0.6) is 0 Å². The fourth-order valence-corrected chi connectivity index (χ4v) is 4.30. The minimum Gasteiger partial charge on any atom is -0.481 e. The summed E-state index contributed by atoms with van der Waals surface area (Å²) in [4.78, 5) is 35.4. The number of hydrogen-bond donors (Lipinski definition) is 1. The first-order valence-corrected chi connectivity index (χ1v) is 11.2. The average Bonchev–Trinajstić information content (AvgIpc) is 3.14. The SMILES string of the molecule is O=C(O)CCCCCCC1C(=O)CCC1C=CC(=O)c1ccc(-c2ccccc2)cc1. The van der Waals surface area contributed by atoms with Gasteiger partial charge >= 0.3 is 5.97 Å². The molecule has 1 aliphatic carbocycles. The molecule has 3 rings (SSSR count). The second kappa shape index (κ2) is 11.4. The van der Waals surface area contributed by atoms with Crippen LogP contribution < -0.4 is 0 Å². The molecule has 0 aromatic heterocycles. The molecule has 0 saturated heterocycles. The molecule has 2 unspecified atom stereocenters. The number of rotatable bonds is 11. The van der Waals surface area contributed by atoms with Gasteiger partial charge in [-0.2, -0.15) is 0 Å². The van der Waals surface area contributed by atoms with E-state index >= 15 is 0 Å². The van der Waals surface area contributed by atoms with Crippen molar-refractivity contribution >= 4 is 17.5 Å². The van der Waals surface area contributed by atoms with Gasteiger partial charge < -0.3 is 5.11 Å². The summed E-state index contributed by atoms with van der Waals surface area (Å²) in [6.45, 7) is 0. The van der Waals surface area contributed by atoms with E-state index in [2.05, 4.69) is 0 Å². The Labute approximate surface area is 184 Å². The molecule has 2 aromatic rings. The lowest BCUT2D eigenvalue weighted by molar-refractivity contribution is -0.137. The Balaban J connectivity index is 1.51. The molecule has 0 spiro atoms. The molecule has 1 fully saturated rings. The lowest BCUT2D eigenvalue weighted by atomic mass is 9.89. The highest BCUT2D eigenvalue weighted by Gasteiger charge is 2.32. The van der Waals surface area contributed by atoms with Crippen LogP contribution in [0.2, 0.25) is 0 Å². The molecule has 162 valence electrons. The third kappa shape index (κ3) is 6.74. The highest BCUT2D eigenvalue weighted by Crippen LogP contribution is 2.34. The van der Waals surface area contributed by atoms with Gasteiger partial charge in [0.05, 0.1) is 0 Å². The molecule has 1 saturated carbocycles. The molecule has 2 aromatic carbocycles. The van der Waals surface area contributed by atoms with E-state index in [1.54, 1.807) is 6.08 Å². The van der Waals surface area contributed by atoms with Crippen molar-refractivity contribution in [3.05, 3.63) is 72.3 Å². The zero-order valence-electron chi connectivity index (χ0n) is 17.8. The first kappa shape index (κ1) is 22.7. The molecule has 1 aliphatic rings. The van der Waals surface area contributed by atoms with E-state index in [9.17, 15) is 14.4 Å². The fraction of sp³-hybridized carbons (Fsp3) is 0.370. The minimum atomic E-state index is -0.754. The number of carbonyl (C=O) groups is 3. The van der Waals surface area contributed by atoms with E-state index in [4.69, 9.17) is 5.11 Å². The summed E-state index contributed by atoms with van der Waals surface area (Å²) in [7, 11) is 0. The van der Waals surface area contributed by atoms with Crippen LogP contribution in [0.4, 0.5) is 0 Å². The van der Waals surface area contributed by atoms with Crippen LogP contribution in [-0.4, -0.2) is 22.6 Å².